The Morgan fingerprint density at radius 3 is 2.81 bits per heavy atom. The van der Waals surface area contributed by atoms with E-state index in [0.717, 1.165) is 42.1 Å². The molecule has 1 aromatic heterocycles. The number of anilines is 1. The summed E-state index contributed by atoms with van der Waals surface area (Å²) < 4.78 is 0. The first-order valence-corrected chi connectivity index (χ1v) is 7.21. The molecule has 0 radical (unpaired) electrons. The van der Waals surface area contributed by atoms with Crippen molar-refractivity contribution in [1.29, 1.82) is 0 Å². The van der Waals surface area contributed by atoms with Crippen LogP contribution in [-0.4, -0.2) is 41.3 Å². The van der Waals surface area contributed by atoms with Crippen molar-refractivity contribution >= 4 is 5.82 Å². The first-order chi connectivity index (χ1) is 10.1. The zero-order chi connectivity index (χ0) is 14.8. The molecule has 1 saturated heterocycles. The highest BCUT2D eigenvalue weighted by Crippen LogP contribution is 2.26. The molecule has 1 aliphatic rings. The molecule has 110 valence electrons. The van der Waals surface area contributed by atoms with Gasteiger partial charge in [0.25, 0.3) is 0 Å². The molecule has 0 bridgehead atoms. The van der Waals surface area contributed by atoms with Gasteiger partial charge in [0, 0.05) is 25.2 Å². The van der Waals surface area contributed by atoms with E-state index < -0.39 is 0 Å². The van der Waals surface area contributed by atoms with Crippen molar-refractivity contribution in [2.24, 2.45) is 0 Å². The summed E-state index contributed by atoms with van der Waals surface area (Å²) >= 11 is 0. The van der Waals surface area contributed by atoms with E-state index in [1.165, 1.54) is 0 Å². The van der Waals surface area contributed by atoms with Gasteiger partial charge in [-0.25, -0.2) is 4.98 Å². The second-order valence-corrected chi connectivity index (χ2v) is 5.52. The largest absolute Gasteiger partial charge is 0.508 e. The Balaban J connectivity index is 1.85. The Morgan fingerprint density at radius 1 is 1.29 bits per heavy atom. The predicted molar refractivity (Wildman–Crippen MR) is 83.5 cm³/mol. The second kappa shape index (κ2) is 5.69. The number of phenols is 1. The van der Waals surface area contributed by atoms with E-state index in [1.54, 1.807) is 24.5 Å². The SMILES string of the molecule is Cc1ccc(O)cc1-c1cnc(N(C)C2CCNC2)cn1. The third kappa shape index (κ3) is 2.83. The number of nitrogens with zero attached hydrogens (tertiary/aromatic N) is 3. The minimum Gasteiger partial charge on any atom is -0.508 e. The third-order valence-corrected chi connectivity index (χ3v) is 4.08. The molecule has 0 aliphatic carbocycles. The smallest absolute Gasteiger partial charge is 0.147 e. The number of benzene rings is 1. The number of aromatic nitrogens is 2. The van der Waals surface area contributed by atoms with Crippen LogP contribution in [0.1, 0.15) is 12.0 Å². The molecule has 0 spiro atoms. The molecule has 1 unspecified atom stereocenters. The first kappa shape index (κ1) is 13.8. The summed E-state index contributed by atoms with van der Waals surface area (Å²) in [4.78, 5) is 11.2. The average Bonchev–Trinajstić information content (AvgIpc) is 3.03. The van der Waals surface area contributed by atoms with Crippen LogP contribution in [0, 0.1) is 6.92 Å². The van der Waals surface area contributed by atoms with Crippen molar-refractivity contribution in [2.45, 2.75) is 19.4 Å². The van der Waals surface area contributed by atoms with Crippen LogP contribution in [0.15, 0.2) is 30.6 Å². The molecule has 5 nitrogen and oxygen atoms in total. The Hall–Kier alpha value is -2.14. The van der Waals surface area contributed by atoms with Crippen LogP contribution in [0.25, 0.3) is 11.3 Å². The van der Waals surface area contributed by atoms with Crippen molar-refractivity contribution in [2.75, 3.05) is 25.0 Å². The number of hydrogen-bond donors (Lipinski definition) is 2. The molecule has 21 heavy (non-hydrogen) atoms. The molecule has 5 heteroatoms. The van der Waals surface area contributed by atoms with Gasteiger partial charge in [-0.2, -0.15) is 0 Å². The van der Waals surface area contributed by atoms with Gasteiger partial charge in [-0.05, 0) is 37.6 Å². The summed E-state index contributed by atoms with van der Waals surface area (Å²) in [6, 6.07) is 5.77. The fraction of sp³-hybridized carbons (Fsp3) is 0.375. The molecule has 3 rings (SSSR count). The van der Waals surface area contributed by atoms with Crippen molar-refractivity contribution < 1.29 is 5.11 Å². The number of aryl methyl sites for hydroxylation is 1. The molecular weight excluding hydrogens is 264 g/mol. The first-order valence-electron chi connectivity index (χ1n) is 7.21. The lowest BCUT2D eigenvalue weighted by Gasteiger charge is -2.24. The van der Waals surface area contributed by atoms with E-state index in [-0.39, 0.29) is 5.75 Å². The Bertz CT molecular complexity index is 621. The molecule has 2 heterocycles. The molecule has 1 atom stereocenters. The number of likely N-dealkylation sites (N-methyl/N-ethyl adjacent to an activating group) is 1. The van der Waals surface area contributed by atoms with Crippen LogP contribution in [0.5, 0.6) is 5.75 Å². The Labute approximate surface area is 124 Å². The van der Waals surface area contributed by atoms with E-state index in [1.807, 2.05) is 13.0 Å². The zero-order valence-electron chi connectivity index (χ0n) is 12.4. The molecule has 1 aliphatic heterocycles. The van der Waals surface area contributed by atoms with Gasteiger partial charge >= 0.3 is 0 Å². The highest BCUT2D eigenvalue weighted by Gasteiger charge is 2.20. The van der Waals surface area contributed by atoms with Gasteiger partial charge in [0.2, 0.25) is 0 Å². The van der Waals surface area contributed by atoms with Crippen LogP contribution >= 0.6 is 0 Å². The monoisotopic (exact) mass is 284 g/mol. The minimum atomic E-state index is 0.246. The fourth-order valence-corrected chi connectivity index (χ4v) is 2.69. The van der Waals surface area contributed by atoms with Crippen LogP contribution in [0.4, 0.5) is 5.82 Å². The van der Waals surface area contributed by atoms with Crippen LogP contribution in [-0.2, 0) is 0 Å². The summed E-state index contributed by atoms with van der Waals surface area (Å²) in [6.07, 6.45) is 4.71. The topological polar surface area (TPSA) is 61.3 Å². The standard InChI is InChI=1S/C16H20N4O/c1-11-3-4-13(21)7-14(11)15-9-19-16(10-18-15)20(2)12-5-6-17-8-12/h3-4,7,9-10,12,17,21H,5-6,8H2,1-2H3. The molecule has 0 saturated carbocycles. The van der Waals surface area contributed by atoms with Gasteiger partial charge < -0.3 is 15.3 Å². The lowest BCUT2D eigenvalue weighted by Crippen LogP contribution is -2.33. The normalized spacial score (nSPS) is 17.9. The Kier molecular flexibility index (Phi) is 3.75. The van der Waals surface area contributed by atoms with Crippen LogP contribution < -0.4 is 10.2 Å². The van der Waals surface area contributed by atoms with E-state index in [9.17, 15) is 5.11 Å². The van der Waals surface area contributed by atoms with Crippen molar-refractivity contribution in [1.82, 2.24) is 15.3 Å². The number of hydrogen-bond acceptors (Lipinski definition) is 5. The lowest BCUT2D eigenvalue weighted by atomic mass is 10.1. The van der Waals surface area contributed by atoms with Crippen LogP contribution in [0.2, 0.25) is 0 Å². The third-order valence-electron chi connectivity index (χ3n) is 4.08. The summed E-state index contributed by atoms with van der Waals surface area (Å²) in [5, 5.41) is 13.0. The summed E-state index contributed by atoms with van der Waals surface area (Å²) in [6.45, 7) is 4.05. The van der Waals surface area contributed by atoms with Crippen molar-refractivity contribution in [3.05, 3.63) is 36.2 Å². The summed E-state index contributed by atoms with van der Waals surface area (Å²) in [7, 11) is 2.06. The molecule has 1 aromatic carbocycles. The van der Waals surface area contributed by atoms with E-state index in [2.05, 4.69) is 27.2 Å². The fourth-order valence-electron chi connectivity index (χ4n) is 2.69. The van der Waals surface area contributed by atoms with Crippen molar-refractivity contribution in [3.8, 4) is 17.0 Å². The Morgan fingerprint density at radius 2 is 2.14 bits per heavy atom. The number of phenolic OH excluding ortho intramolecular Hbond substituents is 1. The second-order valence-electron chi connectivity index (χ2n) is 5.52. The maximum Gasteiger partial charge on any atom is 0.147 e. The quantitative estimate of drug-likeness (QED) is 0.902. The predicted octanol–water partition coefficient (Wildman–Crippen LogP) is 1.96. The van der Waals surface area contributed by atoms with E-state index >= 15 is 0 Å². The average molecular weight is 284 g/mol. The number of nitrogens with one attached hydrogen (secondary N) is 1. The van der Waals surface area contributed by atoms with Crippen molar-refractivity contribution in [3.63, 3.8) is 0 Å². The highest BCUT2D eigenvalue weighted by atomic mass is 16.3. The lowest BCUT2D eigenvalue weighted by molar-refractivity contribution is 0.475. The molecule has 0 amide bonds. The number of aromatic hydroxyl groups is 1. The summed E-state index contributed by atoms with van der Waals surface area (Å²) in [5.74, 6) is 1.13. The maximum atomic E-state index is 9.62. The summed E-state index contributed by atoms with van der Waals surface area (Å²) in [5.41, 5.74) is 2.77. The molecule has 2 N–H and O–H groups in total. The zero-order valence-corrected chi connectivity index (χ0v) is 12.4. The van der Waals surface area contributed by atoms with Gasteiger partial charge in [-0.1, -0.05) is 6.07 Å². The van der Waals surface area contributed by atoms with Gasteiger partial charge in [-0.15, -0.1) is 0 Å². The van der Waals surface area contributed by atoms with Gasteiger partial charge in [0.15, 0.2) is 0 Å². The molecular formula is C16H20N4O. The van der Waals surface area contributed by atoms with E-state index in [0.29, 0.717) is 6.04 Å². The van der Waals surface area contributed by atoms with E-state index in [4.69, 9.17) is 0 Å². The highest BCUT2D eigenvalue weighted by molar-refractivity contribution is 5.65. The van der Waals surface area contributed by atoms with Gasteiger partial charge in [-0.3, -0.25) is 4.98 Å². The minimum absolute atomic E-state index is 0.246. The van der Waals surface area contributed by atoms with Crippen LogP contribution in [0.3, 0.4) is 0 Å². The van der Waals surface area contributed by atoms with Gasteiger partial charge in [0.05, 0.1) is 18.1 Å². The van der Waals surface area contributed by atoms with Gasteiger partial charge in [0.1, 0.15) is 11.6 Å². The molecule has 1 fully saturated rings. The number of rotatable bonds is 3. The maximum absolute atomic E-state index is 9.62. The molecule has 2 aromatic rings.